The smallest absolute Gasteiger partial charge is 1.00 e. The van der Waals surface area contributed by atoms with Gasteiger partial charge < -0.3 is 118 Å². The zero-order valence-corrected chi connectivity index (χ0v) is 109. The van der Waals surface area contributed by atoms with Gasteiger partial charge in [0.15, 0.2) is 0 Å². The van der Waals surface area contributed by atoms with Gasteiger partial charge >= 0.3 is 151 Å². The Balaban J connectivity index is -0.000000139. The topological polar surface area (TPSA) is 605 Å². The van der Waals surface area contributed by atoms with Crippen LogP contribution in [0.15, 0.2) is 0 Å². The van der Waals surface area contributed by atoms with Gasteiger partial charge in [0, 0.05) is 417 Å². The van der Waals surface area contributed by atoms with Gasteiger partial charge in [-0.25, -0.2) is 47.0 Å². The number of nitrogens with one attached hydrogen (secondary N) is 2. The first-order valence-electron chi connectivity index (χ1n) is 44.6. The van der Waals surface area contributed by atoms with Crippen LogP contribution in [0, 0.1) is 280 Å². The maximum atomic E-state index is 11.6. The number of hydrogen-bond acceptors (Lipinski definition) is 37. The fourth-order valence-corrected chi connectivity index (χ4v) is 14.2. The molecule has 0 aliphatic carbocycles. The third-order valence-electron chi connectivity index (χ3n) is 20.9. The number of nitrogens with zero attached hydrogens (tertiary/aromatic N) is 8. The monoisotopic (exact) mass is 2490 g/mol. The quantitative estimate of drug-likeness (QED) is 0.0157. The molecule has 0 aromatic heterocycles. The number of carboxylic acid groups (broad SMARTS) is 1. The number of rotatable bonds is 17. The molecular formula is C85H161Ar6ClK2N10O35S8-4. The van der Waals surface area contributed by atoms with Gasteiger partial charge in [0.25, 0.3) is 22.5 Å². The fraction of sp³-hybridized carbons (Fsp3) is 0.882. The number of halogens is 1. The van der Waals surface area contributed by atoms with Crippen LogP contribution in [0.3, 0.4) is 0 Å². The van der Waals surface area contributed by atoms with Crippen LogP contribution in [0.1, 0.15) is 209 Å². The van der Waals surface area contributed by atoms with Gasteiger partial charge in [-0.2, -0.15) is 34.5 Å². The Bertz CT molecular complexity index is 4170. The molecule has 870 valence electrons. The molecule has 0 aromatic rings. The van der Waals surface area contributed by atoms with E-state index >= 15 is 0 Å². The molecule has 9 unspecified atom stereocenters. The molecule has 9 atom stereocenters. The number of amides is 8. The van der Waals surface area contributed by atoms with E-state index in [0.717, 1.165) is 51.8 Å². The minimum absolute atomic E-state index is 0. The van der Waals surface area contributed by atoms with Crippen molar-refractivity contribution in [2.45, 2.75) is 284 Å². The Labute approximate surface area is 1170 Å². The molecule has 0 bridgehead atoms. The van der Waals surface area contributed by atoms with E-state index in [2.05, 4.69) is 45.8 Å². The van der Waals surface area contributed by atoms with Crippen LogP contribution >= 0.6 is 36.8 Å². The Morgan fingerprint density at radius 1 is 0.429 bits per heavy atom. The Kier molecular flexibility index (Phi) is 94.4. The van der Waals surface area contributed by atoms with E-state index in [1.54, 1.807) is 155 Å². The van der Waals surface area contributed by atoms with Crippen LogP contribution in [0.4, 0.5) is 33.6 Å². The third kappa shape index (κ3) is 77.7. The molecule has 9 aliphatic heterocycles. The van der Waals surface area contributed by atoms with Crippen molar-refractivity contribution in [1.82, 2.24) is 50.0 Å². The number of hydroxylamine groups is 2. The van der Waals surface area contributed by atoms with E-state index in [-0.39, 0.29) is 447 Å². The summed E-state index contributed by atoms with van der Waals surface area (Å²) in [6.45, 7) is 63.9. The average Bonchev–Trinajstić information content (AvgIpc) is 0.854. The van der Waals surface area contributed by atoms with Gasteiger partial charge in [0.2, 0.25) is 9.05 Å². The number of hydrogen-bond donors (Lipinski definition) is 5. The van der Waals surface area contributed by atoms with E-state index in [4.69, 9.17) is 57.3 Å². The number of aliphatic carboxylic acids is 1. The summed E-state index contributed by atoms with van der Waals surface area (Å²) in [4.78, 5) is 130. The van der Waals surface area contributed by atoms with Crippen molar-refractivity contribution in [1.29, 1.82) is 0 Å². The van der Waals surface area contributed by atoms with E-state index in [9.17, 15) is 100 Å². The van der Waals surface area contributed by atoms with Gasteiger partial charge in [-0.3, -0.25) is 40.2 Å². The number of carbonyl (C=O) groups is 10. The zero-order valence-electron chi connectivity index (χ0n) is 92.2. The number of thiol groups is 1. The summed E-state index contributed by atoms with van der Waals surface area (Å²) in [7, 11) is 0.849. The minimum Gasteiger partial charge on any atom is -1.00 e. The number of carbonyl (C=O) groups excluding carboxylic acids is 9. The largest absolute Gasteiger partial charge is 1.00 e. The Hall–Kier alpha value is 5.22. The SMILES string of the molecule is CC(C)(C)OC(=O)N1CC(C(=O)O)C1.CC(C)(C)OC(=O)N1CC(C(C)(C)S(=O)[O-])C1.CC(C)(C1CNC1)S(=O)[O-].CC(C1CN(C(=O)OC(C)(C)C)C1)S(=O)[O-].CC(C1CNC1)S(=O)[O-].CC(O)C1CN(C(=O)OC(C)(C)C)C1.CC(OS(C)(=O)=O)C1CN(C(=O)OC(C)(C)C)C1.CC(S)C1CN(C(=O)OC(C)(C)C)C1.CON(C)C(=O)C1CN(C(=O)OC(C)(C)C)C1.CS(=O)(=O)Cl.O=CO[O-].S.[Ar].[Ar].[Ar].[Ar].[Ar].[Ar].[H-].[K+].[K+]. The Morgan fingerprint density at radius 2 is 0.653 bits per heavy atom. The van der Waals surface area contributed by atoms with Crippen molar-refractivity contribution in [2.24, 2.45) is 53.3 Å². The van der Waals surface area contributed by atoms with Crippen LogP contribution in [-0.4, -0.2) is 384 Å². The van der Waals surface area contributed by atoms with Crippen molar-refractivity contribution in [2.75, 3.05) is 144 Å². The normalized spacial score (nSPS) is 18.2. The summed E-state index contributed by atoms with van der Waals surface area (Å²) >= 11 is -3.68. The van der Waals surface area contributed by atoms with Crippen LogP contribution < -0.4 is 119 Å². The van der Waals surface area contributed by atoms with Crippen molar-refractivity contribution in [3.05, 3.63) is 0 Å². The predicted octanol–water partition coefficient (Wildman–Crippen LogP) is 1.26. The van der Waals surface area contributed by atoms with E-state index in [1.807, 2.05) is 62.3 Å². The number of aliphatic hydroxyl groups excluding tert-OH is 1. The molecule has 9 heterocycles. The Morgan fingerprint density at radius 3 is 0.837 bits per heavy atom. The molecule has 0 aromatic carbocycles. The zero-order chi connectivity index (χ0) is 109. The average molecular weight is 2490 g/mol. The molecule has 4 N–H and O–H groups in total. The van der Waals surface area contributed by atoms with Crippen molar-refractivity contribution < 1.29 is 493 Å². The predicted molar refractivity (Wildman–Crippen MR) is 527 cm³/mol. The van der Waals surface area contributed by atoms with Crippen molar-refractivity contribution in [3.63, 3.8) is 0 Å². The molecule has 0 saturated carbocycles. The first-order valence-corrected chi connectivity index (χ1v) is 54.0. The first kappa shape index (κ1) is 175. The minimum atomic E-state index is -3.45. The third-order valence-corrected chi connectivity index (χ3v) is 26.3. The molecule has 62 heteroatoms. The maximum absolute atomic E-state index is 11.6. The summed E-state index contributed by atoms with van der Waals surface area (Å²) in [5.41, 5.74) is -3.39. The van der Waals surface area contributed by atoms with Crippen LogP contribution in [0.25, 0.3) is 0 Å². The summed E-state index contributed by atoms with van der Waals surface area (Å²) in [6.07, 6.45) is -1.22. The number of likely N-dealkylation sites (tertiary alicyclic amines) is 7. The summed E-state index contributed by atoms with van der Waals surface area (Å²) in [5.74, 6) is -0.166. The van der Waals surface area contributed by atoms with E-state index in [1.165, 1.54) is 36.7 Å². The standard InChI is InChI=1S/C11H20N2O4.C11H21NO5S.C11H21NO4S.C10H19NO4S.C10H19NO3.C10H19NO2S.C9H15NO4.C6H13NO2S.C5H11NO2S.CH3ClO2S.CH2O3.6Ar.2K.H2S.H/c1-11(2,3)17-10(15)13-6-8(7-13)9(14)12(4)16-5;1-8(17-18(5,14)15)9-6-12(7-9)10(13)16-11(2,3)4;1-10(2,3)16-9(13)12-6-8(7-12)11(4,5)17(14)15;1-7(16(13)14)8-5-11(6-8)9(12)15-10(2,3)4;1-7(12)8-5-11(6-8)9(13)14-10(2,3)4;1-7(14)8-5-11(6-8)9(12)13-10(2,3)4;1-9(2,3)14-8(13)10-4-6(5-10)7(11)12;1-6(2,10(8)9)5-3-7-4-5;1-4(9(7)8)5-2-6-3-5;1-5(2,3)4;2-1-4-3;;;;;;;;;;/h8H,6-7H2,1-5H3;8-9H,6-7H2,1-5H3;8H,6-7H2,1-5H3,(H,14,15);7-8H,5-6H2,1-4H3,(H,13,14);7-8,12H,5-6H2,1-4H3;7-8,14H,5-6H2,1-4H3;6H,4-5H2,1-3H3,(H,11,12);5,7H,3-4H2,1-2H3,(H,8,9);4-6H,2-3H2,1H3,(H,7,8);1H3;1,3H;;;;;;;;;1H2;/q;;;;;;;;;;;;;;;;;2*+1;;-1/p-5. The van der Waals surface area contributed by atoms with Crippen LogP contribution in [-0.2, 0) is 125 Å². The summed E-state index contributed by atoms with van der Waals surface area (Å²) in [6, 6.07) is 0. The molecule has 9 saturated heterocycles. The second-order valence-electron chi connectivity index (χ2n) is 42.4. The van der Waals surface area contributed by atoms with Crippen molar-refractivity contribution in [3.8, 4) is 0 Å². The molecule has 9 rings (SSSR count). The van der Waals surface area contributed by atoms with Gasteiger partial charge in [-0.15, -0.1) is 0 Å². The molecule has 9 fully saturated rings. The number of carboxylic acids is 1. The van der Waals surface area contributed by atoms with Gasteiger partial charge in [-0.1, -0.05) is 42.9 Å². The second-order valence-corrected chi connectivity index (χ2v) is 53.5. The van der Waals surface area contributed by atoms with Gasteiger partial charge in [-0.05, 0) is 221 Å². The maximum Gasteiger partial charge on any atom is 1.00 e. The molecule has 0 spiro atoms. The summed E-state index contributed by atoms with van der Waals surface area (Å²) in [5, 5.41) is 33.3. The molecule has 45 nitrogen and oxygen atoms in total. The van der Waals surface area contributed by atoms with Gasteiger partial charge in [0.1, 0.15) is 39.2 Å². The van der Waals surface area contributed by atoms with E-state index in [0.29, 0.717) is 88.5 Å². The van der Waals surface area contributed by atoms with E-state index < -0.39 is 142 Å². The number of ether oxygens (including phenoxy) is 7. The fourth-order valence-electron chi connectivity index (χ4n) is 11.5. The molecule has 0 radical (unpaired) electrons. The first-order chi connectivity index (χ1) is 62.0. The molecule has 8 amide bonds. The molecule has 147 heavy (non-hydrogen) atoms. The van der Waals surface area contributed by atoms with Gasteiger partial charge in [0.05, 0.1) is 43.7 Å². The summed E-state index contributed by atoms with van der Waals surface area (Å²) < 4.78 is 166. The molecule has 9 aliphatic rings. The van der Waals surface area contributed by atoms with Crippen LogP contribution in [0.2, 0.25) is 0 Å². The van der Waals surface area contributed by atoms with Crippen molar-refractivity contribution >= 4 is 161 Å². The number of aliphatic hydroxyl groups is 1. The molecular weight excluding hydrogens is 2330 g/mol. The second kappa shape index (κ2) is 79.5. The van der Waals surface area contributed by atoms with Crippen LogP contribution in [0.5, 0.6) is 0 Å².